The lowest BCUT2D eigenvalue weighted by atomic mass is 10.1. The van der Waals surface area contributed by atoms with Gasteiger partial charge in [0.15, 0.2) is 0 Å². The van der Waals surface area contributed by atoms with Crippen LogP contribution in [0.5, 0.6) is 0 Å². The molecule has 0 unspecified atom stereocenters. The molecule has 0 radical (unpaired) electrons. The minimum Gasteiger partial charge on any atom is -0.350 e. The molecule has 1 aromatic heterocycles. The van der Waals surface area contributed by atoms with Crippen LogP contribution in [0.4, 0.5) is 0 Å². The van der Waals surface area contributed by atoms with E-state index in [0.29, 0.717) is 17.9 Å². The number of thiazole rings is 1. The molecule has 3 aromatic rings. The molecule has 0 spiro atoms. The maximum Gasteiger partial charge on any atom is 0.220 e. The maximum atomic E-state index is 12.1. The van der Waals surface area contributed by atoms with Gasteiger partial charge in [0.1, 0.15) is 0 Å². The second kappa shape index (κ2) is 7.11. The Hall–Kier alpha value is -1.91. The van der Waals surface area contributed by atoms with Crippen molar-refractivity contribution in [3.05, 3.63) is 64.1 Å². The molecule has 1 atom stereocenters. The average Bonchev–Trinajstić information content (AvgIpc) is 2.96. The van der Waals surface area contributed by atoms with E-state index in [1.165, 1.54) is 0 Å². The van der Waals surface area contributed by atoms with Crippen molar-refractivity contribution in [2.75, 3.05) is 0 Å². The summed E-state index contributed by atoms with van der Waals surface area (Å²) in [6.45, 7) is 1.97. The number of nitrogens with zero attached hydrogens (tertiary/aromatic N) is 1. The van der Waals surface area contributed by atoms with Crippen molar-refractivity contribution in [3.63, 3.8) is 0 Å². The summed E-state index contributed by atoms with van der Waals surface area (Å²) in [7, 11) is 0. The van der Waals surface area contributed by atoms with Crippen molar-refractivity contribution in [2.45, 2.75) is 25.8 Å². The Balaban J connectivity index is 1.55. The van der Waals surface area contributed by atoms with Gasteiger partial charge in [0.05, 0.1) is 21.3 Å². The minimum absolute atomic E-state index is 0.0323. The molecule has 1 amide bonds. The van der Waals surface area contributed by atoms with Gasteiger partial charge >= 0.3 is 0 Å². The Bertz CT molecular complexity index is 780. The van der Waals surface area contributed by atoms with Gasteiger partial charge in [-0.15, -0.1) is 11.3 Å². The van der Waals surface area contributed by atoms with Gasteiger partial charge < -0.3 is 5.32 Å². The van der Waals surface area contributed by atoms with Crippen LogP contribution in [0, 0.1) is 0 Å². The number of aromatic nitrogens is 1. The van der Waals surface area contributed by atoms with E-state index >= 15 is 0 Å². The van der Waals surface area contributed by atoms with Gasteiger partial charge in [-0.3, -0.25) is 4.79 Å². The molecular formula is C18H17ClN2OS. The fraction of sp³-hybridized carbons (Fsp3) is 0.222. The predicted molar refractivity (Wildman–Crippen MR) is 96.0 cm³/mol. The van der Waals surface area contributed by atoms with Crippen LogP contribution in [-0.2, 0) is 11.2 Å². The monoisotopic (exact) mass is 344 g/mol. The zero-order valence-electron chi connectivity index (χ0n) is 12.8. The first-order valence-electron chi connectivity index (χ1n) is 7.51. The number of para-hydroxylation sites is 1. The van der Waals surface area contributed by atoms with E-state index in [1.807, 2.05) is 49.4 Å². The van der Waals surface area contributed by atoms with E-state index in [1.54, 1.807) is 11.3 Å². The first kappa shape index (κ1) is 16.0. The van der Waals surface area contributed by atoms with Gasteiger partial charge in [0.25, 0.3) is 0 Å². The Labute approximate surface area is 144 Å². The number of carbonyl (C=O) groups excluding carboxylic acids is 1. The van der Waals surface area contributed by atoms with Gasteiger partial charge in [-0.1, -0.05) is 35.9 Å². The summed E-state index contributed by atoms with van der Waals surface area (Å²) in [4.78, 5) is 16.7. The van der Waals surface area contributed by atoms with E-state index < -0.39 is 0 Å². The number of aryl methyl sites for hydroxylation is 1. The molecule has 0 bridgehead atoms. The highest BCUT2D eigenvalue weighted by Gasteiger charge is 2.11. The Morgan fingerprint density at radius 2 is 1.96 bits per heavy atom. The van der Waals surface area contributed by atoms with E-state index in [-0.39, 0.29) is 11.9 Å². The predicted octanol–water partition coefficient (Wildman–Crippen LogP) is 4.76. The quantitative estimate of drug-likeness (QED) is 0.725. The molecule has 0 aliphatic heterocycles. The first-order chi connectivity index (χ1) is 11.1. The lowest BCUT2D eigenvalue weighted by Gasteiger charge is -2.14. The fourth-order valence-corrected chi connectivity index (χ4v) is 3.49. The van der Waals surface area contributed by atoms with Crippen molar-refractivity contribution < 1.29 is 4.79 Å². The van der Waals surface area contributed by atoms with Gasteiger partial charge in [-0.05, 0) is 36.8 Å². The molecule has 0 saturated carbocycles. The van der Waals surface area contributed by atoms with Gasteiger partial charge in [-0.2, -0.15) is 0 Å². The molecule has 3 rings (SSSR count). The standard InChI is InChI=1S/C18H17ClN2OS/c1-12(13-6-8-14(19)9-7-13)20-17(22)10-11-18-21-15-4-2-3-5-16(15)23-18/h2-9,12H,10-11H2,1H3,(H,20,22)/t12-/m0/s1. The van der Waals surface area contributed by atoms with Crippen molar-refractivity contribution in [3.8, 4) is 0 Å². The van der Waals surface area contributed by atoms with Crippen LogP contribution >= 0.6 is 22.9 Å². The molecule has 3 nitrogen and oxygen atoms in total. The number of halogens is 1. The van der Waals surface area contributed by atoms with Crippen LogP contribution in [-0.4, -0.2) is 10.9 Å². The van der Waals surface area contributed by atoms with Crippen molar-refractivity contribution in [1.82, 2.24) is 10.3 Å². The highest BCUT2D eigenvalue weighted by molar-refractivity contribution is 7.18. The average molecular weight is 345 g/mol. The smallest absolute Gasteiger partial charge is 0.220 e. The molecule has 2 aromatic carbocycles. The fourth-order valence-electron chi connectivity index (χ4n) is 2.40. The molecule has 0 aliphatic carbocycles. The van der Waals surface area contributed by atoms with E-state index in [0.717, 1.165) is 20.8 Å². The highest BCUT2D eigenvalue weighted by Crippen LogP contribution is 2.22. The molecule has 0 saturated heterocycles. The molecular weight excluding hydrogens is 328 g/mol. The van der Waals surface area contributed by atoms with Gasteiger partial charge in [0, 0.05) is 17.9 Å². The van der Waals surface area contributed by atoms with E-state index in [4.69, 9.17) is 11.6 Å². The number of hydrogen-bond acceptors (Lipinski definition) is 3. The van der Waals surface area contributed by atoms with Crippen molar-refractivity contribution >= 4 is 39.1 Å². The van der Waals surface area contributed by atoms with Crippen LogP contribution in [0.15, 0.2) is 48.5 Å². The second-order valence-electron chi connectivity index (χ2n) is 5.42. The van der Waals surface area contributed by atoms with Gasteiger partial charge in [-0.25, -0.2) is 4.98 Å². The summed E-state index contributed by atoms with van der Waals surface area (Å²) in [5, 5.41) is 4.71. The number of hydrogen-bond donors (Lipinski definition) is 1. The summed E-state index contributed by atoms with van der Waals surface area (Å²) in [5.74, 6) is 0.0340. The first-order valence-corrected chi connectivity index (χ1v) is 8.70. The topological polar surface area (TPSA) is 42.0 Å². The molecule has 1 N–H and O–H groups in total. The zero-order chi connectivity index (χ0) is 16.2. The Morgan fingerprint density at radius 1 is 1.22 bits per heavy atom. The lowest BCUT2D eigenvalue weighted by Crippen LogP contribution is -2.26. The van der Waals surface area contributed by atoms with Gasteiger partial charge in [0.2, 0.25) is 5.91 Å². The third-order valence-electron chi connectivity index (χ3n) is 3.65. The van der Waals surface area contributed by atoms with Crippen LogP contribution in [0.3, 0.4) is 0 Å². The lowest BCUT2D eigenvalue weighted by molar-refractivity contribution is -0.121. The second-order valence-corrected chi connectivity index (χ2v) is 6.97. The molecule has 1 heterocycles. The summed E-state index contributed by atoms with van der Waals surface area (Å²) < 4.78 is 1.16. The third kappa shape index (κ3) is 4.09. The van der Waals surface area contributed by atoms with Crippen LogP contribution in [0.1, 0.15) is 30.0 Å². The Morgan fingerprint density at radius 3 is 2.70 bits per heavy atom. The number of nitrogens with one attached hydrogen (secondary N) is 1. The van der Waals surface area contributed by atoms with E-state index in [9.17, 15) is 4.79 Å². The molecule has 23 heavy (non-hydrogen) atoms. The number of benzene rings is 2. The van der Waals surface area contributed by atoms with Crippen LogP contribution < -0.4 is 5.32 Å². The van der Waals surface area contributed by atoms with Crippen molar-refractivity contribution in [1.29, 1.82) is 0 Å². The molecule has 118 valence electrons. The normalized spacial score (nSPS) is 12.3. The number of fused-ring (bicyclic) bond motifs is 1. The van der Waals surface area contributed by atoms with Crippen molar-refractivity contribution in [2.24, 2.45) is 0 Å². The summed E-state index contributed by atoms with van der Waals surface area (Å²) in [5.41, 5.74) is 2.05. The zero-order valence-corrected chi connectivity index (χ0v) is 14.3. The Kier molecular flexibility index (Phi) is 4.94. The summed E-state index contributed by atoms with van der Waals surface area (Å²) >= 11 is 7.53. The number of amides is 1. The van der Waals surface area contributed by atoms with Crippen LogP contribution in [0.25, 0.3) is 10.2 Å². The van der Waals surface area contributed by atoms with Crippen LogP contribution in [0.2, 0.25) is 5.02 Å². The molecule has 0 aliphatic rings. The summed E-state index contributed by atoms with van der Waals surface area (Å²) in [6.07, 6.45) is 1.11. The molecule has 5 heteroatoms. The number of carbonyl (C=O) groups is 1. The van der Waals surface area contributed by atoms with E-state index in [2.05, 4.69) is 16.4 Å². The maximum absolute atomic E-state index is 12.1. The number of rotatable bonds is 5. The third-order valence-corrected chi connectivity index (χ3v) is 5.00. The molecule has 0 fully saturated rings. The minimum atomic E-state index is -0.0323. The SMILES string of the molecule is C[C@H](NC(=O)CCc1nc2ccccc2s1)c1ccc(Cl)cc1. The largest absolute Gasteiger partial charge is 0.350 e. The summed E-state index contributed by atoms with van der Waals surface area (Å²) in [6, 6.07) is 15.5. The highest BCUT2D eigenvalue weighted by atomic mass is 35.5.